The van der Waals surface area contributed by atoms with Crippen LogP contribution in [0.4, 0.5) is 0 Å². The average molecular weight is 188 g/mol. The zero-order valence-electron chi connectivity index (χ0n) is 8.51. The normalized spacial score (nSPS) is 15.3. The van der Waals surface area contributed by atoms with Crippen molar-refractivity contribution in [2.24, 2.45) is 11.5 Å². The molecule has 0 saturated heterocycles. The molecule has 0 spiro atoms. The minimum Gasteiger partial charge on any atom is -0.381 e. The van der Waals surface area contributed by atoms with E-state index in [1.54, 1.807) is 6.92 Å². The van der Waals surface area contributed by atoms with Crippen LogP contribution in [-0.4, -0.2) is 24.7 Å². The van der Waals surface area contributed by atoms with Gasteiger partial charge in [-0.05, 0) is 26.2 Å². The minimum atomic E-state index is -0.893. The summed E-state index contributed by atoms with van der Waals surface area (Å²) in [6, 6.07) is 0. The molecule has 0 heterocycles. The van der Waals surface area contributed by atoms with Crippen molar-refractivity contribution in [2.45, 2.75) is 38.6 Å². The lowest BCUT2D eigenvalue weighted by Gasteiger charge is -2.19. The predicted molar refractivity (Wildman–Crippen MR) is 52.1 cm³/mol. The number of nitrogens with two attached hydrogens (primary N) is 2. The van der Waals surface area contributed by atoms with Gasteiger partial charge in [-0.25, -0.2) is 0 Å². The van der Waals surface area contributed by atoms with Crippen molar-refractivity contribution in [2.75, 3.05) is 13.2 Å². The van der Waals surface area contributed by atoms with E-state index in [-0.39, 0.29) is 0 Å². The van der Waals surface area contributed by atoms with Crippen LogP contribution >= 0.6 is 0 Å². The van der Waals surface area contributed by atoms with Gasteiger partial charge in [-0.1, -0.05) is 6.92 Å². The maximum absolute atomic E-state index is 10.8. The second kappa shape index (κ2) is 5.94. The molecule has 0 aromatic carbocycles. The van der Waals surface area contributed by atoms with Gasteiger partial charge in [0.25, 0.3) is 0 Å². The highest BCUT2D eigenvalue weighted by Crippen LogP contribution is 2.07. The second-order valence-corrected chi connectivity index (χ2v) is 3.50. The van der Waals surface area contributed by atoms with E-state index >= 15 is 0 Å². The first kappa shape index (κ1) is 12.4. The summed E-state index contributed by atoms with van der Waals surface area (Å²) in [7, 11) is 0. The van der Waals surface area contributed by atoms with Crippen LogP contribution in [0.15, 0.2) is 0 Å². The molecule has 4 N–H and O–H groups in total. The fourth-order valence-corrected chi connectivity index (χ4v) is 0.911. The number of rotatable bonds is 7. The third kappa shape index (κ3) is 5.60. The van der Waals surface area contributed by atoms with Crippen molar-refractivity contribution in [3.05, 3.63) is 0 Å². The molecule has 0 rings (SSSR count). The molecule has 0 aromatic rings. The van der Waals surface area contributed by atoms with Crippen molar-refractivity contribution in [3.8, 4) is 0 Å². The van der Waals surface area contributed by atoms with Gasteiger partial charge in [0.1, 0.15) is 0 Å². The smallest absolute Gasteiger partial charge is 0.237 e. The van der Waals surface area contributed by atoms with Gasteiger partial charge in [0, 0.05) is 13.2 Å². The Bertz CT molecular complexity index is 158. The van der Waals surface area contributed by atoms with Gasteiger partial charge in [-0.2, -0.15) is 0 Å². The molecule has 4 heteroatoms. The van der Waals surface area contributed by atoms with E-state index in [2.05, 4.69) is 6.92 Å². The number of carbonyl (C=O) groups is 1. The first-order chi connectivity index (χ1) is 6.00. The van der Waals surface area contributed by atoms with Crippen LogP contribution in [0.1, 0.15) is 33.1 Å². The molecule has 13 heavy (non-hydrogen) atoms. The second-order valence-electron chi connectivity index (χ2n) is 3.50. The lowest BCUT2D eigenvalue weighted by molar-refractivity contribution is -0.122. The summed E-state index contributed by atoms with van der Waals surface area (Å²) in [6.07, 6.45) is 2.36. The molecule has 0 radical (unpaired) electrons. The first-order valence-electron chi connectivity index (χ1n) is 4.67. The van der Waals surface area contributed by atoms with Crippen molar-refractivity contribution >= 4 is 5.91 Å². The molecule has 1 amide bonds. The summed E-state index contributed by atoms with van der Waals surface area (Å²) >= 11 is 0. The summed E-state index contributed by atoms with van der Waals surface area (Å²) in [6.45, 7) is 5.11. The molecule has 0 saturated carbocycles. The van der Waals surface area contributed by atoms with Gasteiger partial charge in [0.2, 0.25) is 5.91 Å². The Labute approximate surface area is 79.6 Å². The minimum absolute atomic E-state index is 0.456. The van der Waals surface area contributed by atoms with Crippen molar-refractivity contribution in [1.29, 1.82) is 0 Å². The van der Waals surface area contributed by atoms with Gasteiger partial charge in [-0.3, -0.25) is 4.79 Å². The van der Waals surface area contributed by atoms with E-state index in [1.807, 2.05) is 0 Å². The fraction of sp³-hybridized carbons (Fsp3) is 0.889. The van der Waals surface area contributed by atoms with E-state index in [0.717, 1.165) is 19.4 Å². The lowest BCUT2D eigenvalue weighted by Crippen LogP contribution is -2.49. The monoisotopic (exact) mass is 188 g/mol. The lowest BCUT2D eigenvalue weighted by atomic mass is 9.97. The summed E-state index contributed by atoms with van der Waals surface area (Å²) in [5, 5.41) is 0. The van der Waals surface area contributed by atoms with Crippen LogP contribution in [-0.2, 0) is 9.53 Å². The maximum atomic E-state index is 10.8. The summed E-state index contributed by atoms with van der Waals surface area (Å²) in [5.41, 5.74) is 9.86. The van der Waals surface area contributed by atoms with Crippen LogP contribution < -0.4 is 11.5 Å². The molecular weight excluding hydrogens is 168 g/mol. The van der Waals surface area contributed by atoms with Crippen LogP contribution in [0, 0.1) is 0 Å². The average Bonchev–Trinajstić information content (AvgIpc) is 2.03. The van der Waals surface area contributed by atoms with Crippen molar-refractivity contribution in [1.82, 2.24) is 0 Å². The Kier molecular flexibility index (Phi) is 5.66. The molecule has 0 aliphatic rings. The SMILES string of the molecule is CCCOCCCC(C)(N)C(N)=O. The van der Waals surface area contributed by atoms with Gasteiger partial charge in [0.05, 0.1) is 5.54 Å². The van der Waals surface area contributed by atoms with Crippen LogP contribution in [0.3, 0.4) is 0 Å². The standard InChI is InChI=1S/C9H20N2O2/c1-3-6-13-7-4-5-9(2,11)8(10)12/h3-7,11H2,1-2H3,(H2,10,12). The highest BCUT2D eigenvalue weighted by molar-refractivity contribution is 5.83. The van der Waals surface area contributed by atoms with E-state index in [4.69, 9.17) is 16.2 Å². The maximum Gasteiger partial charge on any atom is 0.237 e. The fourth-order valence-electron chi connectivity index (χ4n) is 0.911. The molecule has 78 valence electrons. The number of amides is 1. The van der Waals surface area contributed by atoms with Gasteiger partial charge in [0.15, 0.2) is 0 Å². The zero-order valence-corrected chi connectivity index (χ0v) is 8.51. The first-order valence-corrected chi connectivity index (χ1v) is 4.67. The zero-order chi connectivity index (χ0) is 10.3. The van der Waals surface area contributed by atoms with Gasteiger partial charge < -0.3 is 16.2 Å². The van der Waals surface area contributed by atoms with Crippen molar-refractivity contribution in [3.63, 3.8) is 0 Å². The Morgan fingerprint density at radius 1 is 1.46 bits per heavy atom. The number of primary amides is 1. The van der Waals surface area contributed by atoms with Gasteiger partial charge in [-0.15, -0.1) is 0 Å². The number of hydrogen-bond donors (Lipinski definition) is 2. The number of hydrogen-bond acceptors (Lipinski definition) is 3. The van der Waals surface area contributed by atoms with Crippen LogP contribution in [0.5, 0.6) is 0 Å². The highest BCUT2D eigenvalue weighted by atomic mass is 16.5. The Morgan fingerprint density at radius 3 is 2.54 bits per heavy atom. The largest absolute Gasteiger partial charge is 0.381 e. The third-order valence-electron chi connectivity index (χ3n) is 1.90. The molecule has 1 atom stereocenters. The molecule has 0 aliphatic carbocycles. The molecule has 0 aromatic heterocycles. The van der Waals surface area contributed by atoms with Crippen LogP contribution in [0.2, 0.25) is 0 Å². The Hall–Kier alpha value is -0.610. The molecule has 0 bridgehead atoms. The molecule has 4 nitrogen and oxygen atoms in total. The molecule has 0 aliphatic heterocycles. The van der Waals surface area contributed by atoms with Crippen LogP contribution in [0.25, 0.3) is 0 Å². The molecular formula is C9H20N2O2. The Balaban J connectivity index is 3.46. The van der Waals surface area contributed by atoms with E-state index < -0.39 is 11.4 Å². The van der Waals surface area contributed by atoms with E-state index in [0.29, 0.717) is 13.0 Å². The van der Waals surface area contributed by atoms with Gasteiger partial charge >= 0.3 is 0 Å². The number of ether oxygens (including phenoxy) is 1. The predicted octanol–water partition coefficient (Wildman–Crippen LogP) is 0.396. The Morgan fingerprint density at radius 2 is 2.08 bits per heavy atom. The number of carbonyl (C=O) groups excluding carboxylic acids is 1. The summed E-state index contributed by atoms with van der Waals surface area (Å²) in [5.74, 6) is -0.456. The molecule has 1 unspecified atom stereocenters. The van der Waals surface area contributed by atoms with E-state index in [1.165, 1.54) is 0 Å². The summed E-state index contributed by atoms with van der Waals surface area (Å²) < 4.78 is 5.25. The highest BCUT2D eigenvalue weighted by Gasteiger charge is 2.24. The topological polar surface area (TPSA) is 78.3 Å². The van der Waals surface area contributed by atoms with E-state index in [9.17, 15) is 4.79 Å². The van der Waals surface area contributed by atoms with Crippen molar-refractivity contribution < 1.29 is 9.53 Å². The third-order valence-corrected chi connectivity index (χ3v) is 1.90. The summed E-state index contributed by atoms with van der Waals surface area (Å²) in [4.78, 5) is 10.8. The molecule has 0 fully saturated rings. The quantitative estimate of drug-likeness (QED) is 0.567.